The van der Waals surface area contributed by atoms with Crippen LogP contribution in [-0.2, 0) is 11.2 Å². The van der Waals surface area contributed by atoms with Crippen molar-refractivity contribution in [3.8, 4) is 0 Å². The Hall–Kier alpha value is -1.63. The number of carbonyl (C=O) groups excluding carboxylic acids is 1. The SMILES string of the molecule is CCNC(=NCCc1csc(C(C)C)n1)N1CCCC(CC(N)=O)C1. The standard InChI is InChI=1S/C18H31N5OS/c1-4-20-18(23-9-5-6-14(11-23)10-16(19)24)21-8-7-15-12-25-17(22-15)13(2)3/h12-14H,4-11H2,1-3H3,(H2,19,24)(H,20,21). The van der Waals surface area contributed by atoms with Gasteiger partial charge in [0.2, 0.25) is 5.91 Å². The fourth-order valence-electron chi connectivity index (χ4n) is 3.11. The maximum Gasteiger partial charge on any atom is 0.217 e. The average Bonchev–Trinajstić information content (AvgIpc) is 3.03. The number of aromatic nitrogens is 1. The number of piperidine rings is 1. The van der Waals surface area contributed by atoms with Crippen LogP contribution in [-0.4, -0.2) is 47.9 Å². The number of likely N-dealkylation sites (tertiary alicyclic amines) is 1. The molecule has 1 saturated heterocycles. The number of primary amides is 1. The van der Waals surface area contributed by atoms with Gasteiger partial charge in [-0.1, -0.05) is 13.8 Å². The fourth-order valence-corrected chi connectivity index (χ4v) is 3.98. The van der Waals surface area contributed by atoms with E-state index in [0.29, 0.717) is 18.3 Å². The van der Waals surface area contributed by atoms with Crippen LogP contribution in [0.5, 0.6) is 0 Å². The van der Waals surface area contributed by atoms with E-state index in [4.69, 9.17) is 10.7 Å². The topological polar surface area (TPSA) is 83.6 Å². The first kappa shape index (κ1) is 19.7. The summed E-state index contributed by atoms with van der Waals surface area (Å²) in [5.41, 5.74) is 6.49. The third-order valence-corrected chi connectivity index (χ3v) is 5.53. The van der Waals surface area contributed by atoms with Gasteiger partial charge in [-0.15, -0.1) is 11.3 Å². The van der Waals surface area contributed by atoms with E-state index in [9.17, 15) is 4.79 Å². The minimum Gasteiger partial charge on any atom is -0.370 e. The third kappa shape index (κ3) is 6.30. The van der Waals surface area contributed by atoms with Gasteiger partial charge in [0.25, 0.3) is 0 Å². The van der Waals surface area contributed by atoms with Gasteiger partial charge < -0.3 is 16.0 Å². The van der Waals surface area contributed by atoms with Crippen molar-refractivity contribution in [1.82, 2.24) is 15.2 Å². The van der Waals surface area contributed by atoms with Gasteiger partial charge in [-0.05, 0) is 25.7 Å². The molecule has 0 saturated carbocycles. The maximum atomic E-state index is 11.2. The Morgan fingerprint density at radius 1 is 1.56 bits per heavy atom. The number of guanidine groups is 1. The van der Waals surface area contributed by atoms with E-state index in [1.807, 2.05) is 0 Å². The fraction of sp³-hybridized carbons (Fsp3) is 0.722. The minimum atomic E-state index is -0.210. The average molecular weight is 366 g/mol. The van der Waals surface area contributed by atoms with Crippen molar-refractivity contribution < 1.29 is 4.79 Å². The molecule has 0 spiro atoms. The first-order valence-electron chi connectivity index (χ1n) is 9.25. The molecule has 1 aliphatic heterocycles. The molecule has 1 aromatic rings. The van der Waals surface area contributed by atoms with Crippen molar-refractivity contribution in [2.75, 3.05) is 26.2 Å². The first-order chi connectivity index (χ1) is 12.0. The van der Waals surface area contributed by atoms with Crippen molar-refractivity contribution in [2.24, 2.45) is 16.6 Å². The lowest BCUT2D eigenvalue weighted by Crippen LogP contribution is -2.47. The van der Waals surface area contributed by atoms with Gasteiger partial charge in [-0.25, -0.2) is 4.98 Å². The minimum absolute atomic E-state index is 0.210. The summed E-state index contributed by atoms with van der Waals surface area (Å²) >= 11 is 1.73. The number of aliphatic imine (C=N–C) groups is 1. The van der Waals surface area contributed by atoms with E-state index in [1.165, 1.54) is 5.01 Å². The number of rotatable bonds is 7. The number of nitrogens with two attached hydrogens (primary N) is 1. The van der Waals surface area contributed by atoms with Crippen molar-refractivity contribution in [3.05, 3.63) is 16.1 Å². The van der Waals surface area contributed by atoms with Crippen LogP contribution >= 0.6 is 11.3 Å². The van der Waals surface area contributed by atoms with Crippen molar-refractivity contribution >= 4 is 23.2 Å². The second-order valence-corrected chi connectivity index (χ2v) is 7.83. The first-order valence-corrected chi connectivity index (χ1v) is 10.1. The highest BCUT2D eigenvalue weighted by atomic mass is 32.1. The smallest absolute Gasteiger partial charge is 0.217 e. The van der Waals surface area contributed by atoms with E-state index >= 15 is 0 Å². The summed E-state index contributed by atoms with van der Waals surface area (Å²) < 4.78 is 0. The molecule has 3 N–H and O–H groups in total. The third-order valence-electron chi connectivity index (χ3n) is 4.34. The summed E-state index contributed by atoms with van der Waals surface area (Å²) in [5.74, 6) is 1.55. The van der Waals surface area contributed by atoms with Crippen LogP contribution in [0.1, 0.15) is 56.7 Å². The molecule has 0 bridgehead atoms. The molecule has 0 aliphatic carbocycles. The van der Waals surface area contributed by atoms with Gasteiger partial charge in [-0.2, -0.15) is 0 Å². The summed E-state index contributed by atoms with van der Waals surface area (Å²) in [5, 5.41) is 6.71. The second-order valence-electron chi connectivity index (χ2n) is 6.94. The maximum absolute atomic E-state index is 11.2. The molecule has 2 heterocycles. The number of hydrogen-bond donors (Lipinski definition) is 2. The molecule has 2 rings (SSSR count). The zero-order chi connectivity index (χ0) is 18.2. The molecule has 1 amide bonds. The van der Waals surface area contributed by atoms with Gasteiger partial charge in [0.05, 0.1) is 10.7 Å². The van der Waals surface area contributed by atoms with E-state index in [2.05, 4.69) is 41.4 Å². The highest BCUT2D eigenvalue weighted by Gasteiger charge is 2.23. The lowest BCUT2D eigenvalue weighted by atomic mass is 9.95. The predicted octanol–water partition coefficient (Wildman–Crippen LogP) is 2.36. The molecule has 1 unspecified atom stereocenters. The monoisotopic (exact) mass is 365 g/mol. The molecule has 1 fully saturated rings. The Morgan fingerprint density at radius 3 is 3.00 bits per heavy atom. The van der Waals surface area contributed by atoms with Crippen LogP contribution in [0.2, 0.25) is 0 Å². The van der Waals surface area contributed by atoms with Crippen LogP contribution in [0.15, 0.2) is 10.4 Å². The Bertz CT molecular complexity index is 584. The van der Waals surface area contributed by atoms with E-state index < -0.39 is 0 Å². The lowest BCUT2D eigenvalue weighted by molar-refractivity contribution is -0.119. The second kappa shape index (κ2) is 9.75. The largest absolute Gasteiger partial charge is 0.370 e. The molecular formula is C18H31N5OS. The number of nitrogens with zero attached hydrogens (tertiary/aromatic N) is 3. The van der Waals surface area contributed by atoms with Gasteiger partial charge >= 0.3 is 0 Å². The van der Waals surface area contributed by atoms with Crippen molar-refractivity contribution in [3.63, 3.8) is 0 Å². The number of thiazole rings is 1. The Labute approximate surface area is 154 Å². The highest BCUT2D eigenvalue weighted by molar-refractivity contribution is 7.09. The quantitative estimate of drug-likeness (QED) is 0.574. The molecular weight excluding hydrogens is 334 g/mol. The zero-order valence-electron chi connectivity index (χ0n) is 15.6. The van der Waals surface area contributed by atoms with Crippen LogP contribution in [0.4, 0.5) is 0 Å². The van der Waals surface area contributed by atoms with E-state index in [-0.39, 0.29) is 5.91 Å². The molecule has 0 radical (unpaired) electrons. The molecule has 1 aliphatic rings. The van der Waals surface area contributed by atoms with Crippen LogP contribution in [0.25, 0.3) is 0 Å². The molecule has 7 heteroatoms. The zero-order valence-corrected chi connectivity index (χ0v) is 16.4. The highest BCUT2D eigenvalue weighted by Crippen LogP contribution is 2.20. The van der Waals surface area contributed by atoms with Gasteiger partial charge in [0.1, 0.15) is 0 Å². The van der Waals surface area contributed by atoms with E-state index in [0.717, 1.165) is 57.1 Å². The van der Waals surface area contributed by atoms with Crippen molar-refractivity contribution in [2.45, 2.75) is 52.4 Å². The van der Waals surface area contributed by atoms with Crippen molar-refractivity contribution in [1.29, 1.82) is 0 Å². The number of hydrogen-bond acceptors (Lipinski definition) is 4. The molecule has 1 atom stereocenters. The van der Waals surface area contributed by atoms with Crippen LogP contribution < -0.4 is 11.1 Å². The molecule has 0 aromatic carbocycles. The normalized spacial score (nSPS) is 18.6. The van der Waals surface area contributed by atoms with Gasteiger partial charge in [0, 0.05) is 50.3 Å². The van der Waals surface area contributed by atoms with Crippen LogP contribution in [0, 0.1) is 5.92 Å². The van der Waals surface area contributed by atoms with Gasteiger partial charge in [-0.3, -0.25) is 9.79 Å². The summed E-state index contributed by atoms with van der Waals surface area (Å²) in [6.45, 7) is 9.81. The van der Waals surface area contributed by atoms with E-state index in [1.54, 1.807) is 11.3 Å². The summed E-state index contributed by atoms with van der Waals surface area (Å²) in [7, 11) is 0. The summed E-state index contributed by atoms with van der Waals surface area (Å²) in [6, 6.07) is 0. The molecule has 140 valence electrons. The van der Waals surface area contributed by atoms with Crippen LogP contribution in [0.3, 0.4) is 0 Å². The lowest BCUT2D eigenvalue weighted by Gasteiger charge is -2.34. The molecule has 6 nitrogen and oxygen atoms in total. The Morgan fingerprint density at radius 2 is 2.36 bits per heavy atom. The Balaban J connectivity index is 1.93. The number of nitrogens with one attached hydrogen (secondary N) is 1. The molecule has 25 heavy (non-hydrogen) atoms. The summed E-state index contributed by atoms with van der Waals surface area (Å²) in [4.78, 5) is 22.9. The summed E-state index contributed by atoms with van der Waals surface area (Å²) in [6.07, 6.45) is 3.46. The Kier molecular flexibility index (Phi) is 7.68. The van der Waals surface area contributed by atoms with Gasteiger partial charge in [0.15, 0.2) is 5.96 Å². The molecule has 1 aromatic heterocycles. The number of amides is 1. The number of carbonyl (C=O) groups is 1. The predicted molar refractivity (Wildman–Crippen MR) is 104 cm³/mol.